The fourth-order valence-electron chi connectivity index (χ4n) is 1.88. The lowest BCUT2D eigenvalue weighted by Crippen LogP contribution is -2.33. The van der Waals surface area contributed by atoms with Crippen molar-refractivity contribution in [3.8, 4) is 0 Å². The van der Waals surface area contributed by atoms with E-state index >= 15 is 0 Å². The molecule has 1 fully saturated rings. The van der Waals surface area contributed by atoms with Crippen LogP contribution in [0.25, 0.3) is 0 Å². The SMILES string of the molecule is CN(c1ncc[nH]1)C1COC(C)(C)C1. The van der Waals surface area contributed by atoms with Crippen LogP contribution in [-0.4, -0.2) is 35.3 Å². The second-order valence-corrected chi connectivity index (χ2v) is 4.45. The summed E-state index contributed by atoms with van der Waals surface area (Å²) in [6.45, 7) is 5.04. The fourth-order valence-corrected chi connectivity index (χ4v) is 1.88. The Labute approximate surface area is 84.3 Å². The van der Waals surface area contributed by atoms with Gasteiger partial charge in [-0.1, -0.05) is 0 Å². The Morgan fingerprint density at radius 3 is 2.93 bits per heavy atom. The Balaban J connectivity index is 2.04. The van der Waals surface area contributed by atoms with Gasteiger partial charge in [-0.15, -0.1) is 0 Å². The molecule has 2 rings (SSSR count). The van der Waals surface area contributed by atoms with Crippen molar-refractivity contribution in [2.24, 2.45) is 0 Å². The number of nitrogens with one attached hydrogen (secondary N) is 1. The highest BCUT2D eigenvalue weighted by Crippen LogP contribution is 2.28. The van der Waals surface area contributed by atoms with Crippen LogP contribution >= 0.6 is 0 Å². The number of ether oxygens (including phenoxy) is 1. The van der Waals surface area contributed by atoms with Gasteiger partial charge in [0.2, 0.25) is 5.95 Å². The molecule has 1 aliphatic rings. The number of aromatic amines is 1. The standard InChI is InChI=1S/C10H17N3O/c1-10(2)6-8(7-14-10)13(3)9-11-4-5-12-9/h4-5,8H,6-7H2,1-3H3,(H,11,12). The van der Waals surface area contributed by atoms with Crippen LogP contribution in [0.1, 0.15) is 20.3 Å². The molecule has 4 nitrogen and oxygen atoms in total. The van der Waals surface area contributed by atoms with Gasteiger partial charge in [-0.25, -0.2) is 4.98 Å². The number of nitrogens with zero attached hydrogens (tertiary/aromatic N) is 2. The quantitative estimate of drug-likeness (QED) is 0.775. The molecule has 0 spiro atoms. The van der Waals surface area contributed by atoms with E-state index in [1.165, 1.54) is 0 Å². The van der Waals surface area contributed by atoms with Gasteiger partial charge < -0.3 is 14.6 Å². The topological polar surface area (TPSA) is 41.2 Å². The number of rotatable bonds is 2. The molecule has 1 aromatic rings. The van der Waals surface area contributed by atoms with E-state index in [1.807, 2.05) is 13.2 Å². The summed E-state index contributed by atoms with van der Waals surface area (Å²) < 4.78 is 5.69. The lowest BCUT2D eigenvalue weighted by Gasteiger charge is -2.23. The van der Waals surface area contributed by atoms with Crippen LogP contribution in [0.3, 0.4) is 0 Å². The first-order valence-electron chi connectivity index (χ1n) is 4.95. The molecule has 1 aliphatic heterocycles. The van der Waals surface area contributed by atoms with Crippen molar-refractivity contribution in [3.05, 3.63) is 12.4 Å². The van der Waals surface area contributed by atoms with Crippen molar-refractivity contribution in [1.82, 2.24) is 9.97 Å². The summed E-state index contributed by atoms with van der Waals surface area (Å²) in [6.07, 6.45) is 4.66. The molecule has 0 saturated carbocycles. The monoisotopic (exact) mass is 195 g/mol. The van der Waals surface area contributed by atoms with Gasteiger partial charge in [0.05, 0.1) is 18.2 Å². The van der Waals surface area contributed by atoms with E-state index in [1.54, 1.807) is 6.20 Å². The normalized spacial score (nSPS) is 25.2. The van der Waals surface area contributed by atoms with E-state index < -0.39 is 0 Å². The molecule has 78 valence electrons. The van der Waals surface area contributed by atoms with Crippen molar-refractivity contribution in [3.63, 3.8) is 0 Å². The Bertz CT molecular complexity index is 294. The molecule has 0 aliphatic carbocycles. The highest BCUT2D eigenvalue weighted by Gasteiger charge is 2.34. The molecule has 2 heterocycles. The predicted octanol–water partition coefficient (Wildman–Crippen LogP) is 1.41. The van der Waals surface area contributed by atoms with Gasteiger partial charge in [0.25, 0.3) is 0 Å². The average Bonchev–Trinajstić information content (AvgIpc) is 2.72. The van der Waals surface area contributed by atoms with E-state index in [0.717, 1.165) is 19.0 Å². The van der Waals surface area contributed by atoms with Crippen LogP contribution in [0.5, 0.6) is 0 Å². The first-order valence-corrected chi connectivity index (χ1v) is 4.95. The maximum atomic E-state index is 5.69. The first kappa shape index (κ1) is 9.52. The van der Waals surface area contributed by atoms with Gasteiger partial charge in [-0.3, -0.25) is 0 Å². The number of H-pyrrole nitrogens is 1. The third-order valence-electron chi connectivity index (χ3n) is 2.76. The first-order chi connectivity index (χ1) is 6.58. The van der Waals surface area contributed by atoms with Gasteiger partial charge in [-0.05, 0) is 20.3 Å². The van der Waals surface area contributed by atoms with Gasteiger partial charge >= 0.3 is 0 Å². The second-order valence-electron chi connectivity index (χ2n) is 4.45. The Kier molecular flexibility index (Phi) is 2.23. The molecule has 0 amide bonds. The number of aromatic nitrogens is 2. The second kappa shape index (κ2) is 3.28. The van der Waals surface area contributed by atoms with Crippen LogP contribution in [-0.2, 0) is 4.74 Å². The van der Waals surface area contributed by atoms with Crippen molar-refractivity contribution in [1.29, 1.82) is 0 Å². The van der Waals surface area contributed by atoms with E-state index in [2.05, 4.69) is 28.7 Å². The molecule has 4 heteroatoms. The summed E-state index contributed by atoms with van der Waals surface area (Å²) in [5.74, 6) is 0.913. The van der Waals surface area contributed by atoms with Gasteiger partial charge in [0, 0.05) is 19.4 Å². The van der Waals surface area contributed by atoms with E-state index in [0.29, 0.717) is 6.04 Å². The molecule has 0 aromatic carbocycles. The van der Waals surface area contributed by atoms with Crippen molar-refractivity contribution >= 4 is 5.95 Å². The van der Waals surface area contributed by atoms with Gasteiger partial charge in [-0.2, -0.15) is 0 Å². The fraction of sp³-hybridized carbons (Fsp3) is 0.700. The van der Waals surface area contributed by atoms with E-state index in [9.17, 15) is 0 Å². The number of hydrogen-bond acceptors (Lipinski definition) is 3. The van der Waals surface area contributed by atoms with Crippen LogP contribution in [0.15, 0.2) is 12.4 Å². The van der Waals surface area contributed by atoms with Crippen LogP contribution < -0.4 is 4.90 Å². The van der Waals surface area contributed by atoms with Crippen molar-refractivity contribution in [2.75, 3.05) is 18.6 Å². The zero-order valence-electron chi connectivity index (χ0n) is 8.95. The highest BCUT2D eigenvalue weighted by atomic mass is 16.5. The molecule has 1 N–H and O–H groups in total. The minimum atomic E-state index is 0.00548. The van der Waals surface area contributed by atoms with E-state index in [-0.39, 0.29) is 5.60 Å². The Hall–Kier alpha value is -1.03. The maximum Gasteiger partial charge on any atom is 0.202 e. The third-order valence-corrected chi connectivity index (χ3v) is 2.76. The van der Waals surface area contributed by atoms with Crippen LogP contribution in [0.4, 0.5) is 5.95 Å². The zero-order valence-corrected chi connectivity index (χ0v) is 8.95. The summed E-state index contributed by atoms with van der Waals surface area (Å²) in [5, 5.41) is 0. The highest BCUT2D eigenvalue weighted by molar-refractivity contribution is 5.30. The molecule has 1 atom stereocenters. The molecule has 1 unspecified atom stereocenters. The number of likely N-dealkylation sites (N-methyl/N-ethyl adjacent to an activating group) is 1. The molecular formula is C10H17N3O. The largest absolute Gasteiger partial charge is 0.373 e. The molecule has 1 saturated heterocycles. The Morgan fingerprint density at radius 2 is 2.43 bits per heavy atom. The maximum absolute atomic E-state index is 5.69. The lowest BCUT2D eigenvalue weighted by atomic mass is 10.0. The van der Waals surface area contributed by atoms with Gasteiger partial charge in [0.1, 0.15) is 0 Å². The predicted molar refractivity (Wildman–Crippen MR) is 55.4 cm³/mol. The summed E-state index contributed by atoms with van der Waals surface area (Å²) >= 11 is 0. The smallest absolute Gasteiger partial charge is 0.202 e. The minimum absolute atomic E-state index is 0.00548. The van der Waals surface area contributed by atoms with E-state index in [4.69, 9.17) is 4.74 Å². The van der Waals surface area contributed by atoms with Crippen LogP contribution in [0.2, 0.25) is 0 Å². The third kappa shape index (κ3) is 1.75. The van der Waals surface area contributed by atoms with Crippen molar-refractivity contribution in [2.45, 2.75) is 31.9 Å². The summed E-state index contributed by atoms with van der Waals surface area (Å²) in [5.41, 5.74) is 0.00548. The van der Waals surface area contributed by atoms with Gasteiger partial charge in [0.15, 0.2) is 0 Å². The molecular weight excluding hydrogens is 178 g/mol. The van der Waals surface area contributed by atoms with Crippen LogP contribution in [0, 0.1) is 0 Å². The zero-order chi connectivity index (χ0) is 10.2. The number of imidazole rings is 1. The lowest BCUT2D eigenvalue weighted by molar-refractivity contribution is 0.0361. The Morgan fingerprint density at radius 1 is 1.64 bits per heavy atom. The number of anilines is 1. The summed E-state index contributed by atoms with van der Waals surface area (Å²) in [6, 6.07) is 0.427. The molecule has 0 bridgehead atoms. The molecule has 0 radical (unpaired) electrons. The molecule has 14 heavy (non-hydrogen) atoms. The van der Waals surface area contributed by atoms with Crippen molar-refractivity contribution < 1.29 is 4.74 Å². The minimum Gasteiger partial charge on any atom is -0.373 e. The summed E-state index contributed by atoms with van der Waals surface area (Å²) in [4.78, 5) is 9.47. The molecule has 1 aromatic heterocycles. The average molecular weight is 195 g/mol. The number of hydrogen-bond donors (Lipinski definition) is 1. The summed E-state index contributed by atoms with van der Waals surface area (Å²) in [7, 11) is 2.05.